The highest BCUT2D eigenvalue weighted by atomic mass is 16.5. The van der Waals surface area contributed by atoms with Crippen LogP contribution in [0.15, 0.2) is 11.1 Å². The Hall–Kier alpha value is -1.97. The second kappa shape index (κ2) is 10.0. The molecule has 3 rings (SSSR count). The fraction of sp³-hybridized carbons (Fsp3) is 0.667. The van der Waals surface area contributed by atoms with Crippen molar-refractivity contribution in [3.8, 4) is 0 Å². The van der Waals surface area contributed by atoms with Crippen LogP contribution in [0.1, 0.15) is 45.8 Å². The average molecular weight is 341 g/mol. The Kier molecular flexibility index (Phi) is 8.37. The van der Waals surface area contributed by atoms with Crippen LogP contribution < -0.4 is 11.3 Å². The molecule has 0 aromatic carbocycles. The molecule has 2 aromatic heterocycles. The van der Waals surface area contributed by atoms with E-state index in [4.69, 9.17) is 20.7 Å². The Morgan fingerprint density at radius 1 is 1.38 bits per heavy atom. The van der Waals surface area contributed by atoms with Gasteiger partial charge in [0.2, 0.25) is 5.95 Å². The second-order valence-corrected chi connectivity index (χ2v) is 5.25. The van der Waals surface area contributed by atoms with Gasteiger partial charge in [-0.1, -0.05) is 26.7 Å². The number of aromatic nitrogens is 4. The third-order valence-electron chi connectivity index (χ3n) is 3.55. The molecule has 136 valence electrons. The van der Waals surface area contributed by atoms with Gasteiger partial charge in [0.05, 0.1) is 19.0 Å². The van der Waals surface area contributed by atoms with E-state index in [0.717, 1.165) is 20.0 Å². The van der Waals surface area contributed by atoms with Crippen molar-refractivity contribution in [2.24, 2.45) is 0 Å². The van der Waals surface area contributed by atoms with Gasteiger partial charge in [0.25, 0.3) is 5.56 Å². The van der Waals surface area contributed by atoms with Gasteiger partial charge in [0, 0.05) is 7.11 Å². The van der Waals surface area contributed by atoms with Crippen molar-refractivity contribution in [1.29, 1.82) is 0 Å². The molecule has 9 heteroatoms. The van der Waals surface area contributed by atoms with Crippen LogP contribution in [0, 0.1) is 0 Å². The lowest BCUT2D eigenvalue weighted by atomic mass is 10.2. The molecule has 1 aliphatic heterocycles. The highest BCUT2D eigenvalue weighted by molar-refractivity contribution is 5.70. The van der Waals surface area contributed by atoms with Crippen molar-refractivity contribution in [2.45, 2.75) is 51.9 Å². The number of nitrogens with one attached hydrogen (secondary N) is 1. The predicted molar refractivity (Wildman–Crippen MR) is 91.5 cm³/mol. The number of hydrogen-bond acceptors (Lipinski definition) is 7. The number of H-pyrrole nitrogens is 1. The summed E-state index contributed by atoms with van der Waals surface area (Å²) in [6.07, 6.45) is 5.22. The fourth-order valence-corrected chi connectivity index (χ4v) is 2.18. The van der Waals surface area contributed by atoms with Crippen molar-refractivity contribution in [2.75, 3.05) is 19.5 Å². The van der Waals surface area contributed by atoms with Gasteiger partial charge >= 0.3 is 0 Å². The molecule has 5 N–H and O–H groups in total. The molecule has 0 saturated carbocycles. The van der Waals surface area contributed by atoms with Gasteiger partial charge in [0.1, 0.15) is 6.23 Å². The molecule has 0 aliphatic carbocycles. The summed E-state index contributed by atoms with van der Waals surface area (Å²) in [6.45, 7) is 4.35. The van der Waals surface area contributed by atoms with Gasteiger partial charge in [-0.05, 0) is 12.8 Å². The number of aromatic amines is 1. The fourth-order valence-electron chi connectivity index (χ4n) is 2.18. The summed E-state index contributed by atoms with van der Waals surface area (Å²) in [7, 11) is 1.00. The Balaban J connectivity index is 0.000000423. The van der Waals surface area contributed by atoms with Crippen LogP contribution in [-0.2, 0) is 4.74 Å². The van der Waals surface area contributed by atoms with Crippen LogP contribution in [0.4, 0.5) is 5.95 Å². The van der Waals surface area contributed by atoms with E-state index >= 15 is 0 Å². The van der Waals surface area contributed by atoms with E-state index < -0.39 is 0 Å². The number of nitrogen functional groups attached to an aromatic ring is 1. The van der Waals surface area contributed by atoms with Gasteiger partial charge in [-0.3, -0.25) is 14.3 Å². The Morgan fingerprint density at radius 3 is 2.58 bits per heavy atom. The van der Waals surface area contributed by atoms with Crippen LogP contribution in [0.2, 0.25) is 0 Å². The third-order valence-corrected chi connectivity index (χ3v) is 3.55. The molecule has 0 radical (unpaired) electrons. The second-order valence-electron chi connectivity index (χ2n) is 5.25. The molecule has 1 saturated heterocycles. The smallest absolute Gasteiger partial charge is 0.280 e. The molecular formula is C15H27N5O4. The van der Waals surface area contributed by atoms with Crippen LogP contribution in [-0.4, -0.2) is 49.6 Å². The quantitative estimate of drug-likeness (QED) is 0.647. The molecule has 0 amide bonds. The maximum Gasteiger partial charge on any atom is 0.280 e. The largest absolute Gasteiger partial charge is 0.400 e. The Labute approximate surface area is 140 Å². The summed E-state index contributed by atoms with van der Waals surface area (Å²) < 4.78 is 7.30. The maximum atomic E-state index is 11.6. The van der Waals surface area contributed by atoms with Gasteiger partial charge < -0.3 is 20.7 Å². The molecule has 0 bridgehead atoms. The van der Waals surface area contributed by atoms with Crippen molar-refractivity contribution >= 4 is 17.1 Å². The van der Waals surface area contributed by atoms with Crippen molar-refractivity contribution < 1.29 is 14.9 Å². The Morgan fingerprint density at radius 2 is 2.04 bits per heavy atom. The zero-order valence-electron chi connectivity index (χ0n) is 14.4. The topological polar surface area (TPSA) is 139 Å². The average Bonchev–Trinajstić information content (AvgIpc) is 3.23. The number of fused-ring (bicyclic) bond motifs is 1. The predicted octanol–water partition coefficient (Wildman–Crippen LogP) is 0.787. The molecule has 24 heavy (non-hydrogen) atoms. The first kappa shape index (κ1) is 20.1. The number of nitrogens with two attached hydrogens (primary N) is 1. The number of imidazole rings is 1. The molecule has 3 heterocycles. The zero-order valence-corrected chi connectivity index (χ0v) is 14.4. The lowest BCUT2D eigenvalue weighted by molar-refractivity contribution is -0.0207. The normalized spacial score (nSPS) is 19.4. The lowest BCUT2D eigenvalue weighted by Crippen LogP contribution is -2.16. The van der Waals surface area contributed by atoms with E-state index in [1.165, 1.54) is 19.2 Å². The lowest BCUT2D eigenvalue weighted by Gasteiger charge is -2.13. The van der Waals surface area contributed by atoms with Gasteiger partial charge in [0.15, 0.2) is 11.2 Å². The first-order valence-electron chi connectivity index (χ1n) is 8.04. The number of ether oxygens (including phenoxy) is 1. The summed E-state index contributed by atoms with van der Waals surface area (Å²) in [6, 6.07) is 0. The minimum Gasteiger partial charge on any atom is -0.400 e. The molecule has 2 atom stereocenters. The van der Waals surface area contributed by atoms with Gasteiger partial charge in [-0.15, -0.1) is 0 Å². The number of aliphatic hydroxyl groups excluding tert-OH is 2. The third kappa shape index (κ3) is 4.76. The molecule has 2 aromatic rings. The minimum atomic E-state index is -0.368. The van der Waals surface area contributed by atoms with Crippen LogP contribution >= 0.6 is 0 Å². The molecule has 2 unspecified atom stereocenters. The van der Waals surface area contributed by atoms with Crippen molar-refractivity contribution in [3.05, 3.63) is 16.7 Å². The zero-order chi connectivity index (χ0) is 18.1. The minimum absolute atomic E-state index is 0.0146. The Bertz CT molecular complexity index is 667. The number of nitrogens with zero attached hydrogens (tertiary/aromatic N) is 3. The van der Waals surface area contributed by atoms with Crippen LogP contribution in [0.5, 0.6) is 0 Å². The standard InChI is InChI=1S/C10H13N5O3.C4H10.CH4O/c11-10-13-8-7(9(17)14-10)12-4-15(8)6-2-1-5(3-16)18-6;1-3-4-2;1-2/h4-6,16H,1-3H2,(H3,11,13,14,17);3-4H2,1-2H3;2H,1H3. The number of unbranched alkanes of at least 4 members (excludes halogenated alkanes) is 1. The number of anilines is 1. The SMILES string of the molecule is CCCC.CO.Nc1nc2c(ncn2C2CCC(CO)O2)c(=O)[nH]1. The van der Waals surface area contributed by atoms with Crippen LogP contribution in [0.3, 0.4) is 0 Å². The summed E-state index contributed by atoms with van der Waals surface area (Å²) in [5.74, 6) is 0.0472. The van der Waals surface area contributed by atoms with Crippen molar-refractivity contribution in [3.63, 3.8) is 0 Å². The first-order chi connectivity index (χ1) is 11.6. The molecule has 0 spiro atoms. The van der Waals surface area contributed by atoms with Crippen molar-refractivity contribution in [1.82, 2.24) is 19.5 Å². The highest BCUT2D eigenvalue weighted by Crippen LogP contribution is 2.29. The monoisotopic (exact) mass is 341 g/mol. The summed E-state index contributed by atoms with van der Waals surface area (Å²) in [4.78, 5) is 22.1. The molecule has 1 aliphatic rings. The molecule has 9 nitrogen and oxygen atoms in total. The first-order valence-corrected chi connectivity index (χ1v) is 8.04. The number of rotatable bonds is 3. The van der Waals surface area contributed by atoms with E-state index in [-0.39, 0.29) is 36.0 Å². The summed E-state index contributed by atoms with van der Waals surface area (Å²) in [5.41, 5.74) is 5.79. The van der Waals surface area contributed by atoms with E-state index in [9.17, 15) is 4.79 Å². The van der Waals surface area contributed by atoms with Gasteiger partial charge in [-0.25, -0.2) is 4.98 Å². The van der Waals surface area contributed by atoms with E-state index in [2.05, 4.69) is 28.8 Å². The van der Waals surface area contributed by atoms with E-state index in [1.54, 1.807) is 4.57 Å². The molecular weight excluding hydrogens is 314 g/mol. The van der Waals surface area contributed by atoms with Gasteiger partial charge in [-0.2, -0.15) is 4.98 Å². The highest BCUT2D eigenvalue weighted by Gasteiger charge is 2.27. The summed E-state index contributed by atoms with van der Waals surface area (Å²) >= 11 is 0. The summed E-state index contributed by atoms with van der Waals surface area (Å²) in [5, 5.41) is 16.0. The maximum absolute atomic E-state index is 11.6. The van der Waals surface area contributed by atoms with E-state index in [1.807, 2.05) is 0 Å². The van der Waals surface area contributed by atoms with Crippen LogP contribution in [0.25, 0.3) is 11.2 Å². The number of aliphatic hydroxyl groups is 2. The molecule has 1 fully saturated rings. The number of hydrogen-bond donors (Lipinski definition) is 4. The van der Waals surface area contributed by atoms with E-state index in [0.29, 0.717) is 5.65 Å².